The first-order chi connectivity index (χ1) is 17.8. The zero-order valence-corrected chi connectivity index (χ0v) is 30.5. The molecular formula is C35H59Cl2CoN3. The van der Waals surface area contributed by atoms with Crippen molar-refractivity contribution in [2.45, 2.75) is 125 Å². The Morgan fingerprint density at radius 1 is 0.439 bits per heavy atom. The molecule has 41 heavy (non-hydrogen) atoms. The molecule has 0 heterocycles. The molecule has 2 rings (SSSR count). The third kappa shape index (κ3) is 12.3. The summed E-state index contributed by atoms with van der Waals surface area (Å²) in [7, 11) is 0. The summed E-state index contributed by atoms with van der Waals surface area (Å²) in [5, 5.41) is 11.3. The Kier molecular flexibility index (Phi) is 20.7. The Balaban J connectivity index is 0. The van der Waals surface area contributed by atoms with Gasteiger partial charge >= 0.3 is 16.8 Å². The van der Waals surface area contributed by atoms with Crippen molar-refractivity contribution in [1.82, 2.24) is 5.32 Å². The van der Waals surface area contributed by atoms with E-state index < -0.39 is 0 Å². The van der Waals surface area contributed by atoms with Crippen LogP contribution >= 0.6 is 0 Å². The van der Waals surface area contributed by atoms with Crippen LogP contribution in [0.15, 0.2) is 24.3 Å². The largest absolute Gasteiger partial charge is 2.00 e. The van der Waals surface area contributed by atoms with Gasteiger partial charge in [0, 0.05) is 31.0 Å². The van der Waals surface area contributed by atoms with E-state index in [2.05, 4.69) is 123 Å². The quantitative estimate of drug-likeness (QED) is 0.256. The van der Waals surface area contributed by atoms with Crippen molar-refractivity contribution in [2.75, 3.05) is 36.8 Å². The van der Waals surface area contributed by atoms with Gasteiger partial charge in [0.15, 0.2) is 0 Å². The van der Waals surface area contributed by atoms with E-state index in [4.69, 9.17) is 0 Å². The van der Waals surface area contributed by atoms with Crippen molar-refractivity contribution in [3.8, 4) is 0 Å². The Morgan fingerprint density at radius 3 is 1.05 bits per heavy atom. The summed E-state index contributed by atoms with van der Waals surface area (Å²) in [5.74, 6) is 3.15. The van der Waals surface area contributed by atoms with Crippen LogP contribution < -0.4 is 40.8 Å². The molecule has 0 bridgehead atoms. The van der Waals surface area contributed by atoms with Gasteiger partial charge < -0.3 is 40.8 Å². The third-order valence-electron chi connectivity index (χ3n) is 7.70. The molecule has 0 aliphatic carbocycles. The first-order valence-corrected chi connectivity index (χ1v) is 15.4. The second kappa shape index (κ2) is 20.1. The van der Waals surface area contributed by atoms with E-state index in [0.717, 1.165) is 32.6 Å². The van der Waals surface area contributed by atoms with Crippen LogP contribution in [-0.4, -0.2) is 26.2 Å². The minimum Gasteiger partial charge on any atom is -1.00 e. The van der Waals surface area contributed by atoms with Gasteiger partial charge in [-0.05, 0) is 81.9 Å². The maximum atomic E-state index is 3.83. The standard InChI is InChI=1S/C35H59N3.2ClH.Co/c1-22(2)28-18-30(24(5)6)34(31(19-28)25(7)8)37-15-13-14-36-16-17-38-35-32(26(9)10)20-29(23(3)4)21-33(35)27(11)12;;;/h18-27,36-38H,13-17H2,1-12H3;2*1H;/q;;;+2/p-2. The molecule has 0 fully saturated rings. The van der Waals surface area contributed by atoms with Crippen LogP contribution in [0.1, 0.15) is 158 Å². The molecule has 0 spiro atoms. The molecule has 0 aromatic heterocycles. The van der Waals surface area contributed by atoms with Crippen molar-refractivity contribution in [2.24, 2.45) is 0 Å². The number of benzene rings is 2. The zero-order chi connectivity index (χ0) is 28.6. The molecule has 2 aromatic rings. The van der Waals surface area contributed by atoms with Crippen LogP contribution in [0.25, 0.3) is 0 Å². The fraction of sp³-hybridized carbons (Fsp3) is 0.657. The molecule has 1 radical (unpaired) electrons. The summed E-state index contributed by atoms with van der Waals surface area (Å²) in [6, 6.07) is 9.70. The van der Waals surface area contributed by atoms with Gasteiger partial charge in [-0.3, -0.25) is 0 Å². The van der Waals surface area contributed by atoms with Crippen molar-refractivity contribution in [3.05, 3.63) is 57.6 Å². The van der Waals surface area contributed by atoms with Crippen molar-refractivity contribution in [1.29, 1.82) is 0 Å². The summed E-state index contributed by atoms with van der Waals surface area (Å²) in [6.07, 6.45) is 1.11. The number of hydrogen-bond acceptors (Lipinski definition) is 3. The second-order valence-electron chi connectivity index (χ2n) is 13.0. The smallest absolute Gasteiger partial charge is 1.00 e. The number of nitrogens with one attached hydrogen (secondary N) is 3. The zero-order valence-electron chi connectivity index (χ0n) is 27.9. The van der Waals surface area contributed by atoms with Crippen LogP contribution in [0, 0.1) is 0 Å². The van der Waals surface area contributed by atoms with Crippen LogP contribution in [-0.2, 0) is 16.8 Å². The normalized spacial score (nSPS) is 11.3. The molecule has 0 amide bonds. The number of halogens is 2. The minimum absolute atomic E-state index is 0. The van der Waals surface area contributed by atoms with Gasteiger partial charge in [0.2, 0.25) is 0 Å². The Morgan fingerprint density at radius 2 is 0.756 bits per heavy atom. The topological polar surface area (TPSA) is 36.1 Å². The molecule has 237 valence electrons. The molecule has 0 atom stereocenters. The summed E-state index contributed by atoms with van der Waals surface area (Å²) >= 11 is 0. The van der Waals surface area contributed by atoms with Gasteiger partial charge in [-0.25, -0.2) is 0 Å². The maximum absolute atomic E-state index is 3.83. The fourth-order valence-electron chi connectivity index (χ4n) is 5.15. The van der Waals surface area contributed by atoms with Crippen LogP contribution in [0.2, 0.25) is 0 Å². The number of rotatable bonds is 15. The van der Waals surface area contributed by atoms with Gasteiger partial charge in [-0.2, -0.15) is 0 Å². The molecule has 3 nitrogen and oxygen atoms in total. The molecule has 0 aliphatic heterocycles. The summed E-state index contributed by atoms with van der Waals surface area (Å²) in [6.45, 7) is 31.6. The predicted molar refractivity (Wildman–Crippen MR) is 172 cm³/mol. The third-order valence-corrected chi connectivity index (χ3v) is 7.70. The van der Waals surface area contributed by atoms with Crippen molar-refractivity contribution in [3.63, 3.8) is 0 Å². The molecular weight excluding hydrogens is 592 g/mol. The van der Waals surface area contributed by atoms with E-state index in [0.29, 0.717) is 35.5 Å². The van der Waals surface area contributed by atoms with E-state index in [9.17, 15) is 0 Å². The monoisotopic (exact) mass is 650 g/mol. The predicted octanol–water partition coefficient (Wildman–Crippen LogP) is 3.94. The van der Waals surface area contributed by atoms with Crippen LogP contribution in [0.5, 0.6) is 0 Å². The molecule has 3 N–H and O–H groups in total. The van der Waals surface area contributed by atoms with Crippen LogP contribution in [0.3, 0.4) is 0 Å². The van der Waals surface area contributed by atoms with Gasteiger partial charge in [-0.1, -0.05) is 107 Å². The molecule has 6 heteroatoms. The molecule has 0 aliphatic rings. The number of anilines is 2. The van der Waals surface area contributed by atoms with E-state index in [1.54, 1.807) is 0 Å². The SMILES string of the molecule is CC(C)c1cc(C(C)C)c(NCCCNCCNc2c(C(C)C)cc(C(C)C)cc2C(C)C)c(C(C)C)c1.[Cl-].[Cl-].[Co+2]. The van der Waals surface area contributed by atoms with Crippen molar-refractivity contribution < 1.29 is 41.6 Å². The van der Waals surface area contributed by atoms with Gasteiger partial charge in [-0.15, -0.1) is 0 Å². The Labute approximate surface area is 276 Å². The summed E-state index contributed by atoms with van der Waals surface area (Å²) in [4.78, 5) is 0. The first kappa shape index (κ1) is 42.2. The first-order valence-electron chi connectivity index (χ1n) is 15.4. The fourth-order valence-corrected chi connectivity index (χ4v) is 5.15. The summed E-state index contributed by atoms with van der Waals surface area (Å²) < 4.78 is 0. The van der Waals surface area contributed by atoms with Gasteiger partial charge in [0.25, 0.3) is 0 Å². The number of hydrogen-bond donors (Lipinski definition) is 3. The molecule has 0 saturated carbocycles. The van der Waals surface area contributed by atoms with Crippen molar-refractivity contribution >= 4 is 11.4 Å². The minimum atomic E-state index is 0. The van der Waals surface area contributed by atoms with E-state index in [1.807, 2.05) is 0 Å². The molecule has 0 saturated heterocycles. The Bertz CT molecular complexity index is 877. The van der Waals surface area contributed by atoms with E-state index in [1.165, 1.54) is 44.8 Å². The average molecular weight is 652 g/mol. The van der Waals surface area contributed by atoms with E-state index >= 15 is 0 Å². The van der Waals surface area contributed by atoms with Gasteiger partial charge in [0.05, 0.1) is 0 Å². The molecule has 0 unspecified atom stereocenters. The van der Waals surface area contributed by atoms with Crippen LogP contribution in [0.4, 0.5) is 11.4 Å². The molecule has 2 aromatic carbocycles. The maximum Gasteiger partial charge on any atom is 2.00 e. The van der Waals surface area contributed by atoms with Gasteiger partial charge in [0.1, 0.15) is 0 Å². The second-order valence-corrected chi connectivity index (χ2v) is 13.0. The van der Waals surface area contributed by atoms with E-state index in [-0.39, 0.29) is 41.6 Å². The summed E-state index contributed by atoms with van der Waals surface area (Å²) in [5.41, 5.74) is 11.5. The average Bonchev–Trinajstić information content (AvgIpc) is 2.84. The Hall–Kier alpha value is -0.914.